The quantitative estimate of drug-likeness (QED) is 0.511. The van der Waals surface area contributed by atoms with Gasteiger partial charge in [0, 0.05) is 24.2 Å². The second-order valence-electron chi connectivity index (χ2n) is 5.56. The molecular formula is C18H24N2O6. The van der Waals surface area contributed by atoms with Crippen molar-refractivity contribution >= 4 is 16.9 Å². The predicted molar refractivity (Wildman–Crippen MR) is 97.1 cm³/mol. The van der Waals surface area contributed by atoms with Gasteiger partial charge in [-0.3, -0.25) is 4.79 Å². The second-order valence-corrected chi connectivity index (χ2v) is 5.56. The van der Waals surface area contributed by atoms with E-state index in [-0.39, 0.29) is 5.56 Å². The van der Waals surface area contributed by atoms with Crippen molar-refractivity contribution in [2.24, 2.45) is 5.73 Å². The number of aromatic nitrogens is 1. The summed E-state index contributed by atoms with van der Waals surface area (Å²) in [6.45, 7) is 4.65. The molecule has 0 bridgehead atoms. The molecule has 142 valence electrons. The highest BCUT2D eigenvalue weighted by molar-refractivity contribution is 5.92. The van der Waals surface area contributed by atoms with E-state index in [1.54, 1.807) is 12.1 Å². The molecule has 1 heterocycles. The van der Waals surface area contributed by atoms with Gasteiger partial charge in [0.05, 0.1) is 31.9 Å². The minimum absolute atomic E-state index is 0.279. The third-order valence-electron chi connectivity index (χ3n) is 3.79. The first-order valence-electron chi connectivity index (χ1n) is 8.48. The number of rotatable bonds is 11. The minimum Gasteiger partial charge on any atom is -0.491 e. The van der Waals surface area contributed by atoms with E-state index >= 15 is 0 Å². The molecule has 0 spiro atoms. The van der Waals surface area contributed by atoms with E-state index in [0.29, 0.717) is 62.7 Å². The van der Waals surface area contributed by atoms with Gasteiger partial charge in [-0.05, 0) is 18.1 Å². The molecule has 0 saturated carbocycles. The van der Waals surface area contributed by atoms with Gasteiger partial charge >= 0.3 is 5.97 Å². The van der Waals surface area contributed by atoms with Gasteiger partial charge in [-0.2, -0.15) is 0 Å². The predicted octanol–water partition coefficient (Wildman–Crippen LogP) is 1.16. The molecule has 2 aromatic rings. The Bertz CT molecular complexity index is 802. The standard InChI is InChI=1S/C18H24N2O6/c1-2-12-9-13-15(20-11-14(17(13)21)18(22)23)10-16(12)26-8-7-25-6-5-24-4-3-19/h9-11H,2-8,19H2,1H3,(H,20,21)(H,22,23). The molecule has 1 aromatic carbocycles. The first-order chi connectivity index (χ1) is 12.6. The topological polar surface area (TPSA) is 124 Å². The van der Waals surface area contributed by atoms with Crippen molar-refractivity contribution in [1.29, 1.82) is 0 Å². The van der Waals surface area contributed by atoms with Crippen LogP contribution in [0.25, 0.3) is 10.9 Å². The van der Waals surface area contributed by atoms with Gasteiger partial charge in [-0.25, -0.2) is 4.79 Å². The molecule has 1 aromatic heterocycles. The Morgan fingerprint density at radius 1 is 1.15 bits per heavy atom. The summed E-state index contributed by atoms with van der Waals surface area (Å²) in [5, 5.41) is 9.40. The third-order valence-corrected chi connectivity index (χ3v) is 3.79. The molecule has 26 heavy (non-hydrogen) atoms. The average Bonchev–Trinajstić information content (AvgIpc) is 2.63. The molecule has 0 saturated heterocycles. The number of hydrogen-bond donors (Lipinski definition) is 3. The summed E-state index contributed by atoms with van der Waals surface area (Å²) < 4.78 is 16.4. The van der Waals surface area contributed by atoms with E-state index in [4.69, 9.17) is 25.1 Å². The summed E-state index contributed by atoms with van der Waals surface area (Å²) in [4.78, 5) is 26.2. The average molecular weight is 364 g/mol. The summed E-state index contributed by atoms with van der Waals surface area (Å²) in [6, 6.07) is 3.39. The van der Waals surface area contributed by atoms with Crippen LogP contribution in [-0.2, 0) is 15.9 Å². The number of aryl methyl sites for hydroxylation is 1. The summed E-state index contributed by atoms with van der Waals surface area (Å²) >= 11 is 0. The summed E-state index contributed by atoms with van der Waals surface area (Å²) in [7, 11) is 0. The SMILES string of the molecule is CCc1cc2c(=O)c(C(=O)O)c[nH]c2cc1OCCOCCOCCN. The monoisotopic (exact) mass is 364 g/mol. The van der Waals surface area contributed by atoms with E-state index in [1.807, 2.05) is 6.92 Å². The fourth-order valence-corrected chi connectivity index (χ4v) is 2.48. The van der Waals surface area contributed by atoms with E-state index < -0.39 is 11.4 Å². The van der Waals surface area contributed by atoms with Gasteiger partial charge in [0.15, 0.2) is 0 Å². The Balaban J connectivity index is 2.03. The van der Waals surface area contributed by atoms with Crippen LogP contribution in [-0.4, -0.2) is 55.6 Å². The highest BCUT2D eigenvalue weighted by Gasteiger charge is 2.14. The van der Waals surface area contributed by atoms with Gasteiger partial charge in [0.1, 0.15) is 17.9 Å². The van der Waals surface area contributed by atoms with Gasteiger partial charge < -0.3 is 30.0 Å². The molecule has 8 heteroatoms. The van der Waals surface area contributed by atoms with Crippen LogP contribution in [0.4, 0.5) is 0 Å². The zero-order chi connectivity index (χ0) is 18.9. The van der Waals surface area contributed by atoms with Crippen molar-refractivity contribution in [2.75, 3.05) is 39.6 Å². The minimum atomic E-state index is -1.25. The number of aromatic carboxylic acids is 1. The molecule has 4 N–H and O–H groups in total. The fraction of sp³-hybridized carbons (Fsp3) is 0.444. The Morgan fingerprint density at radius 3 is 2.50 bits per heavy atom. The largest absolute Gasteiger partial charge is 0.491 e. The lowest BCUT2D eigenvalue weighted by atomic mass is 10.1. The molecular weight excluding hydrogens is 340 g/mol. The van der Waals surface area contributed by atoms with Crippen LogP contribution >= 0.6 is 0 Å². The Kier molecular flexibility index (Phi) is 7.58. The number of nitrogens with two attached hydrogens (primary N) is 1. The van der Waals surface area contributed by atoms with Crippen molar-refractivity contribution in [2.45, 2.75) is 13.3 Å². The normalized spacial score (nSPS) is 11.0. The third kappa shape index (κ3) is 5.04. The molecule has 0 atom stereocenters. The maximum absolute atomic E-state index is 12.3. The maximum atomic E-state index is 12.3. The number of carboxylic acid groups (broad SMARTS) is 1. The Labute approximate surface area is 150 Å². The van der Waals surface area contributed by atoms with Crippen LogP contribution in [0.15, 0.2) is 23.1 Å². The van der Waals surface area contributed by atoms with E-state index in [1.165, 1.54) is 6.20 Å². The highest BCUT2D eigenvalue weighted by atomic mass is 16.5. The summed E-state index contributed by atoms with van der Waals surface area (Å²) in [5.74, 6) is -0.610. The van der Waals surface area contributed by atoms with Crippen LogP contribution in [0.1, 0.15) is 22.8 Å². The van der Waals surface area contributed by atoms with Crippen molar-refractivity contribution in [1.82, 2.24) is 4.98 Å². The first kappa shape index (κ1) is 19.9. The molecule has 0 fully saturated rings. The van der Waals surface area contributed by atoms with Crippen molar-refractivity contribution in [3.05, 3.63) is 39.7 Å². The lowest BCUT2D eigenvalue weighted by molar-refractivity contribution is 0.0387. The number of ether oxygens (including phenoxy) is 3. The number of benzene rings is 1. The second kappa shape index (κ2) is 9.91. The van der Waals surface area contributed by atoms with E-state index in [9.17, 15) is 9.59 Å². The zero-order valence-electron chi connectivity index (χ0n) is 14.7. The zero-order valence-corrected chi connectivity index (χ0v) is 14.7. The molecule has 0 amide bonds. The molecule has 0 aliphatic heterocycles. The molecule has 0 aliphatic carbocycles. The summed E-state index contributed by atoms with van der Waals surface area (Å²) in [6.07, 6.45) is 1.85. The van der Waals surface area contributed by atoms with Crippen LogP contribution < -0.4 is 15.9 Å². The lowest BCUT2D eigenvalue weighted by Gasteiger charge is -2.12. The Morgan fingerprint density at radius 2 is 1.85 bits per heavy atom. The molecule has 0 aliphatic rings. The highest BCUT2D eigenvalue weighted by Crippen LogP contribution is 2.24. The lowest BCUT2D eigenvalue weighted by Crippen LogP contribution is -2.16. The van der Waals surface area contributed by atoms with Crippen molar-refractivity contribution in [3.8, 4) is 5.75 Å². The first-order valence-corrected chi connectivity index (χ1v) is 8.48. The summed E-state index contributed by atoms with van der Waals surface area (Å²) in [5.41, 5.74) is 5.89. The number of carbonyl (C=O) groups is 1. The number of pyridine rings is 1. The maximum Gasteiger partial charge on any atom is 0.341 e. The van der Waals surface area contributed by atoms with Crippen LogP contribution in [0, 0.1) is 0 Å². The van der Waals surface area contributed by atoms with E-state index in [0.717, 1.165) is 5.56 Å². The number of hydrogen-bond acceptors (Lipinski definition) is 6. The number of carboxylic acids is 1. The van der Waals surface area contributed by atoms with Gasteiger partial charge in [0.25, 0.3) is 0 Å². The smallest absolute Gasteiger partial charge is 0.341 e. The number of aromatic amines is 1. The van der Waals surface area contributed by atoms with Gasteiger partial charge in [-0.15, -0.1) is 0 Å². The van der Waals surface area contributed by atoms with Crippen LogP contribution in [0.5, 0.6) is 5.75 Å². The molecule has 0 radical (unpaired) electrons. The van der Waals surface area contributed by atoms with E-state index in [2.05, 4.69) is 4.98 Å². The van der Waals surface area contributed by atoms with Crippen LogP contribution in [0.3, 0.4) is 0 Å². The number of H-pyrrole nitrogens is 1. The fourth-order valence-electron chi connectivity index (χ4n) is 2.48. The van der Waals surface area contributed by atoms with Crippen molar-refractivity contribution < 1.29 is 24.1 Å². The van der Waals surface area contributed by atoms with Gasteiger partial charge in [0.2, 0.25) is 5.43 Å². The van der Waals surface area contributed by atoms with Gasteiger partial charge in [-0.1, -0.05) is 6.92 Å². The molecule has 8 nitrogen and oxygen atoms in total. The van der Waals surface area contributed by atoms with Crippen LogP contribution in [0.2, 0.25) is 0 Å². The molecule has 0 unspecified atom stereocenters. The number of fused-ring (bicyclic) bond motifs is 1. The number of nitrogens with one attached hydrogen (secondary N) is 1. The Hall–Kier alpha value is -2.42. The molecule has 2 rings (SSSR count). The van der Waals surface area contributed by atoms with Crippen molar-refractivity contribution in [3.63, 3.8) is 0 Å².